The minimum Gasteiger partial charge on any atom is -0.367 e. The number of pyridine rings is 1. The van der Waals surface area contributed by atoms with E-state index in [9.17, 15) is 4.79 Å². The second-order valence-electron chi connectivity index (χ2n) is 8.18. The molecule has 0 bridgehead atoms. The van der Waals surface area contributed by atoms with Crippen LogP contribution >= 0.6 is 11.3 Å². The zero-order valence-corrected chi connectivity index (χ0v) is 19.2. The average Bonchev–Trinajstić information content (AvgIpc) is 3.40. The van der Waals surface area contributed by atoms with Crippen LogP contribution in [0.5, 0.6) is 0 Å². The quantitative estimate of drug-likeness (QED) is 0.494. The molecule has 1 fully saturated rings. The molecule has 1 saturated heterocycles. The third-order valence-electron chi connectivity index (χ3n) is 5.85. The number of carbonyl (C=O) groups excluding carboxylic acids is 1. The second-order valence-corrected chi connectivity index (χ2v) is 9.46. The smallest absolute Gasteiger partial charge is 0.259 e. The molecule has 164 valence electrons. The Hall–Kier alpha value is -3.23. The molecule has 1 amide bonds. The summed E-state index contributed by atoms with van der Waals surface area (Å²) in [6.45, 7) is 7.73. The summed E-state index contributed by atoms with van der Waals surface area (Å²) in [7, 11) is 2.13. The van der Waals surface area contributed by atoms with Crippen LogP contribution in [0.1, 0.15) is 20.9 Å². The second kappa shape index (κ2) is 8.37. The molecule has 1 N–H and O–H groups in total. The van der Waals surface area contributed by atoms with E-state index in [0.717, 1.165) is 42.4 Å². The van der Waals surface area contributed by atoms with Crippen molar-refractivity contribution in [3.8, 4) is 10.6 Å². The van der Waals surface area contributed by atoms with Gasteiger partial charge in [-0.2, -0.15) is 0 Å². The molecular formula is C24H25N5O2S. The van der Waals surface area contributed by atoms with Crippen molar-refractivity contribution in [1.82, 2.24) is 15.0 Å². The van der Waals surface area contributed by atoms with Crippen molar-refractivity contribution in [2.24, 2.45) is 0 Å². The average molecular weight is 448 g/mol. The first-order valence-electron chi connectivity index (χ1n) is 10.7. The van der Waals surface area contributed by atoms with Crippen molar-refractivity contribution in [2.75, 3.05) is 43.4 Å². The zero-order chi connectivity index (χ0) is 22.2. The molecule has 7 nitrogen and oxygen atoms in total. The van der Waals surface area contributed by atoms with Gasteiger partial charge in [0.05, 0.1) is 38.6 Å². The number of aryl methyl sites for hydroxylation is 2. The van der Waals surface area contributed by atoms with Gasteiger partial charge in [0.15, 0.2) is 0 Å². The number of nitrogens with one attached hydrogen (secondary N) is 1. The van der Waals surface area contributed by atoms with Gasteiger partial charge >= 0.3 is 0 Å². The van der Waals surface area contributed by atoms with Crippen LogP contribution in [0, 0.1) is 13.8 Å². The van der Waals surface area contributed by atoms with Gasteiger partial charge in [-0.1, -0.05) is 17.3 Å². The first-order valence-corrected chi connectivity index (χ1v) is 11.5. The summed E-state index contributed by atoms with van der Waals surface area (Å²) in [6, 6.07) is 13.9. The summed E-state index contributed by atoms with van der Waals surface area (Å²) in [6.07, 6.45) is 0. The number of thiophene rings is 1. The van der Waals surface area contributed by atoms with Crippen molar-refractivity contribution >= 4 is 39.7 Å². The summed E-state index contributed by atoms with van der Waals surface area (Å²) in [5, 5.41) is 7.85. The molecule has 4 aromatic rings. The van der Waals surface area contributed by atoms with Crippen LogP contribution in [0.4, 0.5) is 11.4 Å². The molecule has 0 aliphatic carbocycles. The fraction of sp³-hybridized carbons (Fsp3) is 0.292. The van der Waals surface area contributed by atoms with E-state index >= 15 is 0 Å². The number of benzene rings is 1. The number of anilines is 2. The summed E-state index contributed by atoms with van der Waals surface area (Å²) < 4.78 is 5.44. The summed E-state index contributed by atoms with van der Waals surface area (Å²) >= 11 is 1.64. The third-order valence-corrected chi connectivity index (χ3v) is 6.87. The highest BCUT2D eigenvalue weighted by molar-refractivity contribution is 7.15. The topological polar surface area (TPSA) is 74.5 Å². The van der Waals surface area contributed by atoms with E-state index in [-0.39, 0.29) is 5.91 Å². The first kappa shape index (κ1) is 20.7. The van der Waals surface area contributed by atoms with Crippen LogP contribution in [-0.2, 0) is 0 Å². The molecule has 1 aromatic carbocycles. The SMILES string of the molecule is Cc1ccc(-c2cc(C(=O)Nc3ccccc3N3CCN(C)CC3)c3c(C)noc3n2)s1. The molecule has 0 unspecified atom stereocenters. The maximum absolute atomic E-state index is 13.5. The van der Waals surface area contributed by atoms with Crippen molar-refractivity contribution in [3.05, 3.63) is 58.6 Å². The fourth-order valence-electron chi connectivity index (χ4n) is 4.06. The molecule has 1 aliphatic heterocycles. The van der Waals surface area contributed by atoms with Crippen LogP contribution in [0.15, 0.2) is 47.0 Å². The Morgan fingerprint density at radius 1 is 1.09 bits per heavy atom. The molecule has 0 atom stereocenters. The molecule has 3 aromatic heterocycles. The van der Waals surface area contributed by atoms with Gasteiger partial charge < -0.3 is 19.6 Å². The standard InChI is InChI=1S/C24H25N5O2S/c1-15-8-9-21(32-15)19-14-17(22-16(2)27-31-24(22)26-19)23(30)25-18-6-4-5-7-20(18)29-12-10-28(3)11-13-29/h4-9,14H,10-13H2,1-3H3,(H,25,30). The number of amides is 1. The lowest BCUT2D eigenvalue weighted by molar-refractivity contribution is 0.102. The van der Waals surface area contributed by atoms with Gasteiger partial charge in [-0.15, -0.1) is 11.3 Å². The molecule has 1 aliphatic rings. The number of hydrogen-bond acceptors (Lipinski definition) is 7. The molecule has 8 heteroatoms. The number of para-hydroxylation sites is 2. The summed E-state index contributed by atoms with van der Waals surface area (Å²) in [5.41, 5.74) is 4.10. The van der Waals surface area contributed by atoms with Gasteiger partial charge in [-0.05, 0) is 51.2 Å². The van der Waals surface area contributed by atoms with Crippen molar-refractivity contribution in [3.63, 3.8) is 0 Å². The van der Waals surface area contributed by atoms with Crippen molar-refractivity contribution in [1.29, 1.82) is 0 Å². The van der Waals surface area contributed by atoms with Gasteiger partial charge in [0.25, 0.3) is 11.6 Å². The van der Waals surface area contributed by atoms with Crippen LogP contribution < -0.4 is 10.2 Å². The van der Waals surface area contributed by atoms with Gasteiger partial charge in [0.1, 0.15) is 0 Å². The van der Waals surface area contributed by atoms with Crippen LogP contribution in [-0.4, -0.2) is 54.2 Å². The molecule has 0 saturated carbocycles. The van der Waals surface area contributed by atoms with E-state index in [1.165, 1.54) is 4.88 Å². The molecule has 4 heterocycles. The number of carbonyl (C=O) groups is 1. The first-order chi connectivity index (χ1) is 15.5. The largest absolute Gasteiger partial charge is 0.367 e. The number of aromatic nitrogens is 2. The van der Waals surface area contributed by atoms with Crippen molar-refractivity contribution < 1.29 is 9.32 Å². The Bertz CT molecular complexity index is 1290. The number of hydrogen-bond donors (Lipinski definition) is 1. The Morgan fingerprint density at radius 2 is 1.88 bits per heavy atom. The van der Waals surface area contributed by atoms with E-state index in [1.54, 1.807) is 11.3 Å². The highest BCUT2D eigenvalue weighted by atomic mass is 32.1. The molecule has 5 rings (SSSR count). The molecule has 32 heavy (non-hydrogen) atoms. The monoisotopic (exact) mass is 447 g/mol. The van der Waals surface area contributed by atoms with E-state index in [4.69, 9.17) is 4.52 Å². The molecular weight excluding hydrogens is 422 g/mol. The highest BCUT2D eigenvalue weighted by Crippen LogP contribution is 2.32. The maximum Gasteiger partial charge on any atom is 0.259 e. The Kier molecular flexibility index (Phi) is 5.40. The highest BCUT2D eigenvalue weighted by Gasteiger charge is 2.22. The van der Waals surface area contributed by atoms with Gasteiger partial charge in [-0.25, -0.2) is 4.98 Å². The number of fused-ring (bicyclic) bond motifs is 1. The minimum atomic E-state index is -0.195. The predicted octanol–water partition coefficient (Wildman–Crippen LogP) is 4.57. The lowest BCUT2D eigenvalue weighted by Crippen LogP contribution is -2.44. The molecule has 0 spiro atoms. The number of rotatable bonds is 4. The summed E-state index contributed by atoms with van der Waals surface area (Å²) in [4.78, 5) is 24.9. The number of likely N-dealkylation sites (N-methyl/N-ethyl adjacent to an activating group) is 1. The van der Waals surface area contributed by atoms with E-state index < -0.39 is 0 Å². The fourth-order valence-corrected chi connectivity index (χ4v) is 4.89. The lowest BCUT2D eigenvalue weighted by atomic mass is 10.1. The third kappa shape index (κ3) is 3.87. The maximum atomic E-state index is 13.5. The van der Waals surface area contributed by atoms with E-state index in [1.807, 2.05) is 50.2 Å². The Labute approximate surface area is 190 Å². The Balaban J connectivity index is 1.51. The van der Waals surface area contributed by atoms with E-state index in [2.05, 4.69) is 38.4 Å². The van der Waals surface area contributed by atoms with Gasteiger partial charge in [0.2, 0.25) is 0 Å². The molecule has 0 radical (unpaired) electrons. The minimum absolute atomic E-state index is 0.195. The van der Waals surface area contributed by atoms with Crippen LogP contribution in [0.2, 0.25) is 0 Å². The summed E-state index contributed by atoms with van der Waals surface area (Å²) in [5.74, 6) is -0.195. The Morgan fingerprint density at radius 3 is 2.62 bits per heavy atom. The normalized spacial score (nSPS) is 14.8. The number of piperazine rings is 1. The number of nitrogens with zero attached hydrogens (tertiary/aromatic N) is 4. The van der Waals surface area contributed by atoms with Crippen LogP contribution in [0.25, 0.3) is 21.7 Å². The lowest BCUT2D eigenvalue weighted by Gasteiger charge is -2.35. The zero-order valence-electron chi connectivity index (χ0n) is 18.4. The van der Waals surface area contributed by atoms with E-state index in [0.29, 0.717) is 28.1 Å². The van der Waals surface area contributed by atoms with Crippen LogP contribution in [0.3, 0.4) is 0 Å². The predicted molar refractivity (Wildman–Crippen MR) is 129 cm³/mol. The van der Waals surface area contributed by atoms with Gasteiger partial charge in [0, 0.05) is 31.1 Å². The van der Waals surface area contributed by atoms with Gasteiger partial charge in [-0.3, -0.25) is 4.79 Å². The van der Waals surface area contributed by atoms with Crippen molar-refractivity contribution in [2.45, 2.75) is 13.8 Å².